The van der Waals surface area contributed by atoms with Crippen LogP contribution in [0.25, 0.3) is 11.3 Å². The zero-order valence-electron chi connectivity index (χ0n) is 16.8. The number of amides is 1. The third-order valence-corrected chi connectivity index (χ3v) is 4.90. The maximum absolute atomic E-state index is 12.3. The fourth-order valence-electron chi connectivity index (χ4n) is 3.26. The number of hydrogen-bond donors (Lipinski definition) is 2. The Morgan fingerprint density at radius 2 is 1.94 bits per heavy atom. The van der Waals surface area contributed by atoms with Gasteiger partial charge in [-0.15, -0.1) is 10.2 Å². The van der Waals surface area contributed by atoms with Crippen molar-refractivity contribution >= 4 is 17.4 Å². The molecule has 1 aliphatic heterocycles. The van der Waals surface area contributed by atoms with Crippen molar-refractivity contribution in [2.75, 3.05) is 36.5 Å². The molecular weight excluding hydrogens is 400 g/mol. The van der Waals surface area contributed by atoms with Crippen LogP contribution in [0.5, 0.6) is 0 Å². The molecule has 0 bridgehead atoms. The summed E-state index contributed by atoms with van der Waals surface area (Å²) in [5.41, 5.74) is 1.14. The second kappa shape index (κ2) is 9.35. The van der Waals surface area contributed by atoms with Gasteiger partial charge in [0.05, 0.1) is 18.9 Å². The molecule has 1 fully saturated rings. The number of hydrogen-bond acceptors (Lipinski definition) is 7. The molecule has 1 aromatic carbocycles. The van der Waals surface area contributed by atoms with Gasteiger partial charge in [-0.05, 0) is 24.3 Å². The summed E-state index contributed by atoms with van der Waals surface area (Å²) in [4.78, 5) is 39.4. The number of aryl methyl sites for hydroxylation is 1. The van der Waals surface area contributed by atoms with Crippen LogP contribution in [0.3, 0.4) is 0 Å². The molecule has 1 aliphatic rings. The normalized spacial score (nSPS) is 13.7. The van der Waals surface area contributed by atoms with Gasteiger partial charge in [-0.3, -0.25) is 14.6 Å². The van der Waals surface area contributed by atoms with Gasteiger partial charge in [-0.25, -0.2) is 4.79 Å². The Bertz CT molecular complexity index is 1170. The lowest BCUT2D eigenvalue weighted by Crippen LogP contribution is -2.36. The SMILES string of the molecule is O=C(CCn1ccc(=O)[nH]c1=O)Nc1cccc(-c2ccc(N3CCOCC3)nn2)c1. The predicted molar refractivity (Wildman–Crippen MR) is 115 cm³/mol. The van der Waals surface area contributed by atoms with Gasteiger partial charge in [0.2, 0.25) is 5.91 Å². The van der Waals surface area contributed by atoms with Crippen LogP contribution in [0.15, 0.2) is 58.3 Å². The highest BCUT2D eigenvalue weighted by molar-refractivity contribution is 5.91. The Kier molecular flexibility index (Phi) is 6.18. The monoisotopic (exact) mass is 422 g/mol. The lowest BCUT2D eigenvalue weighted by atomic mass is 10.1. The first-order chi connectivity index (χ1) is 15.1. The van der Waals surface area contributed by atoms with E-state index in [1.54, 1.807) is 6.07 Å². The molecule has 2 N–H and O–H groups in total. The average molecular weight is 422 g/mol. The molecule has 0 atom stereocenters. The molecule has 3 aromatic rings. The number of morpholine rings is 1. The van der Waals surface area contributed by atoms with Gasteiger partial charge in [-0.2, -0.15) is 0 Å². The van der Waals surface area contributed by atoms with Crippen molar-refractivity contribution in [3.05, 3.63) is 69.5 Å². The van der Waals surface area contributed by atoms with E-state index in [1.165, 1.54) is 16.8 Å². The molecule has 10 nitrogen and oxygen atoms in total. The zero-order chi connectivity index (χ0) is 21.6. The Morgan fingerprint density at radius 3 is 2.68 bits per heavy atom. The number of carbonyl (C=O) groups is 1. The van der Waals surface area contributed by atoms with Gasteiger partial charge in [-0.1, -0.05) is 12.1 Å². The van der Waals surface area contributed by atoms with Crippen LogP contribution in [0, 0.1) is 0 Å². The molecule has 2 aromatic heterocycles. The number of benzene rings is 1. The van der Waals surface area contributed by atoms with Crippen LogP contribution in [0.1, 0.15) is 6.42 Å². The highest BCUT2D eigenvalue weighted by Crippen LogP contribution is 2.22. The third-order valence-electron chi connectivity index (χ3n) is 4.90. The van der Waals surface area contributed by atoms with Crippen molar-refractivity contribution in [1.29, 1.82) is 0 Å². The lowest BCUT2D eigenvalue weighted by Gasteiger charge is -2.27. The van der Waals surface area contributed by atoms with E-state index in [0.29, 0.717) is 24.6 Å². The summed E-state index contributed by atoms with van der Waals surface area (Å²) in [6.07, 6.45) is 1.46. The van der Waals surface area contributed by atoms with Crippen molar-refractivity contribution in [3.8, 4) is 11.3 Å². The number of ether oxygens (including phenoxy) is 1. The summed E-state index contributed by atoms with van der Waals surface area (Å²) in [5, 5.41) is 11.5. The summed E-state index contributed by atoms with van der Waals surface area (Å²) in [6, 6.07) is 12.4. The molecule has 1 saturated heterocycles. The number of aromatic nitrogens is 4. The molecule has 4 rings (SSSR count). The Balaban J connectivity index is 1.39. The van der Waals surface area contributed by atoms with E-state index in [1.807, 2.05) is 30.3 Å². The number of aromatic amines is 1. The standard InChI is InChI=1S/C21H22N6O4/c28-19(6-8-27-9-7-20(29)23-21(27)30)22-16-3-1-2-15(14-16)17-4-5-18(25-24-17)26-10-12-31-13-11-26/h1-5,7,9,14H,6,8,10-13H2,(H,22,28)(H,23,29,30). The van der Waals surface area contributed by atoms with Crippen LogP contribution in [0.4, 0.5) is 11.5 Å². The molecule has 0 unspecified atom stereocenters. The first-order valence-corrected chi connectivity index (χ1v) is 9.95. The van der Waals surface area contributed by atoms with E-state index >= 15 is 0 Å². The van der Waals surface area contributed by atoms with Gasteiger partial charge in [0.15, 0.2) is 5.82 Å². The second-order valence-electron chi connectivity index (χ2n) is 7.06. The van der Waals surface area contributed by atoms with Gasteiger partial charge < -0.3 is 19.5 Å². The van der Waals surface area contributed by atoms with Crippen molar-refractivity contribution in [3.63, 3.8) is 0 Å². The highest BCUT2D eigenvalue weighted by Gasteiger charge is 2.13. The zero-order valence-corrected chi connectivity index (χ0v) is 16.8. The summed E-state index contributed by atoms with van der Waals surface area (Å²) in [7, 11) is 0. The van der Waals surface area contributed by atoms with E-state index in [-0.39, 0.29) is 18.9 Å². The Hall–Kier alpha value is -3.79. The van der Waals surface area contributed by atoms with Gasteiger partial charge >= 0.3 is 5.69 Å². The molecular formula is C21H22N6O4. The molecule has 1 amide bonds. The van der Waals surface area contributed by atoms with Crippen molar-refractivity contribution in [2.24, 2.45) is 0 Å². The second-order valence-corrected chi connectivity index (χ2v) is 7.06. The molecule has 0 saturated carbocycles. The molecule has 10 heteroatoms. The molecule has 0 radical (unpaired) electrons. The fourth-order valence-corrected chi connectivity index (χ4v) is 3.26. The van der Waals surface area contributed by atoms with Crippen molar-refractivity contribution < 1.29 is 9.53 Å². The number of H-pyrrole nitrogens is 1. The van der Waals surface area contributed by atoms with E-state index in [4.69, 9.17) is 4.74 Å². The minimum atomic E-state index is -0.540. The van der Waals surface area contributed by atoms with Gasteiger partial charge in [0, 0.05) is 49.6 Å². The topological polar surface area (TPSA) is 122 Å². The Labute approximate surface area is 177 Å². The van der Waals surface area contributed by atoms with Crippen LogP contribution in [-0.4, -0.2) is 52.0 Å². The number of anilines is 2. The van der Waals surface area contributed by atoms with E-state index in [0.717, 1.165) is 24.5 Å². The highest BCUT2D eigenvalue weighted by atomic mass is 16.5. The molecule has 31 heavy (non-hydrogen) atoms. The van der Waals surface area contributed by atoms with Gasteiger partial charge in [0.1, 0.15) is 0 Å². The minimum Gasteiger partial charge on any atom is -0.378 e. The lowest BCUT2D eigenvalue weighted by molar-refractivity contribution is -0.116. The maximum Gasteiger partial charge on any atom is 0.328 e. The van der Waals surface area contributed by atoms with E-state index in [2.05, 4.69) is 25.4 Å². The molecule has 0 spiro atoms. The first kappa shape index (κ1) is 20.5. The number of nitrogens with zero attached hydrogens (tertiary/aromatic N) is 4. The summed E-state index contributed by atoms with van der Waals surface area (Å²) >= 11 is 0. The molecule has 160 valence electrons. The van der Waals surface area contributed by atoms with Crippen LogP contribution in [0.2, 0.25) is 0 Å². The van der Waals surface area contributed by atoms with Crippen LogP contribution >= 0.6 is 0 Å². The van der Waals surface area contributed by atoms with Gasteiger partial charge in [0.25, 0.3) is 5.56 Å². The summed E-state index contributed by atoms with van der Waals surface area (Å²) < 4.78 is 6.64. The maximum atomic E-state index is 12.3. The quantitative estimate of drug-likeness (QED) is 0.604. The predicted octanol–water partition coefficient (Wildman–Crippen LogP) is 0.859. The number of nitrogens with one attached hydrogen (secondary N) is 2. The van der Waals surface area contributed by atoms with Crippen LogP contribution in [-0.2, 0) is 16.1 Å². The molecule has 3 heterocycles. The number of carbonyl (C=O) groups excluding carboxylic acids is 1. The van der Waals surface area contributed by atoms with Crippen molar-refractivity contribution in [1.82, 2.24) is 19.7 Å². The fraction of sp³-hybridized carbons (Fsp3) is 0.286. The van der Waals surface area contributed by atoms with E-state index < -0.39 is 11.2 Å². The summed E-state index contributed by atoms with van der Waals surface area (Å²) in [6.45, 7) is 3.11. The Morgan fingerprint density at radius 1 is 1.10 bits per heavy atom. The minimum absolute atomic E-state index is 0.0875. The van der Waals surface area contributed by atoms with Crippen LogP contribution < -0.4 is 21.5 Å². The first-order valence-electron chi connectivity index (χ1n) is 9.95. The average Bonchev–Trinajstić information content (AvgIpc) is 2.79. The smallest absolute Gasteiger partial charge is 0.328 e. The largest absolute Gasteiger partial charge is 0.378 e. The van der Waals surface area contributed by atoms with Crippen molar-refractivity contribution in [2.45, 2.75) is 13.0 Å². The third kappa shape index (κ3) is 5.23. The molecule has 0 aliphatic carbocycles. The number of rotatable bonds is 6. The van der Waals surface area contributed by atoms with E-state index in [9.17, 15) is 14.4 Å². The summed E-state index contributed by atoms with van der Waals surface area (Å²) in [5.74, 6) is 0.568.